The first kappa shape index (κ1) is 16.5. The smallest absolute Gasteiger partial charge is 0.237 e. The summed E-state index contributed by atoms with van der Waals surface area (Å²) in [7, 11) is 0. The average Bonchev–Trinajstić information content (AvgIpc) is 2.79. The molecule has 1 aromatic heterocycles. The summed E-state index contributed by atoms with van der Waals surface area (Å²) in [5, 5.41) is 6.86. The van der Waals surface area contributed by atoms with Crippen LogP contribution in [0.25, 0.3) is 5.70 Å². The maximum atomic E-state index is 11.8. The van der Waals surface area contributed by atoms with E-state index in [9.17, 15) is 4.79 Å². The summed E-state index contributed by atoms with van der Waals surface area (Å²) in [4.78, 5) is 15.8. The highest BCUT2D eigenvalue weighted by Crippen LogP contribution is 2.22. The number of allylic oxidation sites excluding steroid dienone is 2. The summed E-state index contributed by atoms with van der Waals surface area (Å²) >= 11 is 7.45. The first-order valence-electron chi connectivity index (χ1n) is 5.92. The summed E-state index contributed by atoms with van der Waals surface area (Å²) < 4.78 is 1.47. The monoisotopic (exact) mass is 312 g/mol. The molecule has 0 aliphatic heterocycles. The van der Waals surface area contributed by atoms with Gasteiger partial charge in [0.05, 0.1) is 29.0 Å². The van der Waals surface area contributed by atoms with E-state index < -0.39 is 0 Å². The number of aromatic nitrogens is 2. The van der Waals surface area contributed by atoms with Gasteiger partial charge in [-0.3, -0.25) is 9.79 Å². The van der Waals surface area contributed by atoms with Crippen LogP contribution >= 0.6 is 23.4 Å². The van der Waals surface area contributed by atoms with Crippen molar-refractivity contribution in [3.8, 4) is 0 Å². The van der Waals surface area contributed by atoms with Crippen molar-refractivity contribution in [3.63, 3.8) is 0 Å². The Hall–Kier alpha value is -1.53. The lowest BCUT2D eigenvalue weighted by atomic mass is 10.4. The van der Waals surface area contributed by atoms with Crippen LogP contribution in [-0.2, 0) is 4.79 Å². The number of rotatable bonds is 6. The fourth-order valence-electron chi connectivity index (χ4n) is 1.20. The fraction of sp³-hybridized carbons (Fsp3) is 0.308. The minimum atomic E-state index is -0.158. The van der Waals surface area contributed by atoms with E-state index in [0.717, 1.165) is 0 Å². The number of hydrogen-bond acceptors (Lipinski definition) is 4. The highest BCUT2D eigenvalue weighted by Gasteiger charge is 2.15. The van der Waals surface area contributed by atoms with Crippen LogP contribution in [0.5, 0.6) is 0 Å². The van der Waals surface area contributed by atoms with Crippen LogP contribution in [-0.4, -0.2) is 33.4 Å². The van der Waals surface area contributed by atoms with Gasteiger partial charge in [0.1, 0.15) is 0 Å². The number of aliphatic imine (C=N–C) groups is 1. The van der Waals surface area contributed by atoms with Gasteiger partial charge in [-0.05, 0) is 20.1 Å². The Balaban J connectivity index is 2.82. The van der Waals surface area contributed by atoms with E-state index >= 15 is 0 Å². The highest BCUT2D eigenvalue weighted by atomic mass is 35.5. The van der Waals surface area contributed by atoms with Crippen molar-refractivity contribution in [2.24, 2.45) is 4.99 Å². The van der Waals surface area contributed by atoms with Crippen LogP contribution in [0.4, 0.5) is 5.69 Å². The largest absolute Gasteiger partial charge is 0.321 e. The number of nitrogens with one attached hydrogen (secondary N) is 1. The Morgan fingerprint density at radius 2 is 2.40 bits per heavy atom. The molecule has 1 rings (SSSR count). The SMILES string of the molecule is C=C(/C=N\C=C/C)n1cc(NC(=O)C(C)SC)c(Cl)n1. The standard InChI is InChI=1S/C13H17ClN4OS/c1-5-6-15-7-9(2)18-8-11(12(14)17-18)16-13(19)10(3)20-4/h5-8,10H,2H2,1,3-4H3,(H,16,19)/b6-5-,15-7-. The molecule has 20 heavy (non-hydrogen) atoms. The van der Waals surface area contributed by atoms with Crippen LogP contribution in [0, 0.1) is 0 Å². The van der Waals surface area contributed by atoms with Crippen molar-refractivity contribution in [3.05, 3.63) is 30.2 Å². The molecule has 7 heteroatoms. The van der Waals surface area contributed by atoms with E-state index in [1.807, 2.05) is 20.1 Å². The molecule has 108 valence electrons. The number of carbonyl (C=O) groups is 1. The molecule has 1 unspecified atom stereocenters. The van der Waals surface area contributed by atoms with E-state index in [0.29, 0.717) is 11.4 Å². The van der Waals surface area contributed by atoms with Crippen molar-refractivity contribution < 1.29 is 4.79 Å². The lowest BCUT2D eigenvalue weighted by Gasteiger charge is -2.07. The second-order valence-corrected chi connectivity index (χ2v) is 5.43. The van der Waals surface area contributed by atoms with Crippen molar-refractivity contribution >= 4 is 46.9 Å². The van der Waals surface area contributed by atoms with Crippen LogP contribution in [0.15, 0.2) is 30.0 Å². The van der Waals surface area contributed by atoms with Gasteiger partial charge < -0.3 is 5.32 Å². The van der Waals surface area contributed by atoms with Gasteiger partial charge in [-0.2, -0.15) is 16.9 Å². The number of nitrogens with zero attached hydrogens (tertiary/aromatic N) is 3. The molecule has 0 radical (unpaired) electrons. The molecule has 0 fully saturated rings. The summed E-state index contributed by atoms with van der Waals surface area (Å²) in [6.45, 7) is 7.51. The molecule has 0 aliphatic carbocycles. The molecule has 0 saturated carbocycles. The summed E-state index contributed by atoms with van der Waals surface area (Å²) in [6.07, 6.45) is 8.47. The van der Waals surface area contributed by atoms with Crippen LogP contribution in [0.2, 0.25) is 5.15 Å². The minimum Gasteiger partial charge on any atom is -0.321 e. The summed E-state index contributed by atoms with van der Waals surface area (Å²) in [5.41, 5.74) is 1.00. The van der Waals surface area contributed by atoms with E-state index in [4.69, 9.17) is 11.6 Å². The lowest BCUT2D eigenvalue weighted by molar-refractivity contribution is -0.115. The van der Waals surface area contributed by atoms with Gasteiger partial charge >= 0.3 is 0 Å². The van der Waals surface area contributed by atoms with Gasteiger partial charge in [-0.25, -0.2) is 4.68 Å². The topological polar surface area (TPSA) is 59.3 Å². The Bertz CT molecular complexity index is 551. The van der Waals surface area contributed by atoms with Crippen molar-refractivity contribution in [2.75, 3.05) is 11.6 Å². The van der Waals surface area contributed by atoms with Crippen molar-refractivity contribution in [1.29, 1.82) is 0 Å². The number of thioether (sulfide) groups is 1. The number of hydrogen-bond donors (Lipinski definition) is 1. The van der Waals surface area contributed by atoms with E-state index in [1.165, 1.54) is 16.4 Å². The number of halogens is 1. The van der Waals surface area contributed by atoms with Crippen LogP contribution in [0.1, 0.15) is 13.8 Å². The molecule has 1 aromatic rings. The van der Waals surface area contributed by atoms with E-state index in [2.05, 4.69) is 22.0 Å². The molecule has 0 saturated heterocycles. The van der Waals surface area contributed by atoms with E-state index in [-0.39, 0.29) is 16.3 Å². The average molecular weight is 313 g/mol. The molecule has 0 bridgehead atoms. The Labute approximate surface area is 127 Å². The van der Waals surface area contributed by atoms with Gasteiger partial charge in [0.25, 0.3) is 0 Å². The van der Waals surface area contributed by atoms with Gasteiger partial charge in [-0.15, -0.1) is 0 Å². The number of carbonyl (C=O) groups excluding carboxylic acids is 1. The van der Waals surface area contributed by atoms with Crippen molar-refractivity contribution in [1.82, 2.24) is 9.78 Å². The predicted molar refractivity (Wildman–Crippen MR) is 87.5 cm³/mol. The zero-order chi connectivity index (χ0) is 15.1. The van der Waals surface area contributed by atoms with Crippen molar-refractivity contribution in [2.45, 2.75) is 19.1 Å². The zero-order valence-corrected chi connectivity index (χ0v) is 13.2. The normalized spacial score (nSPS) is 13.0. The summed E-state index contributed by atoms with van der Waals surface area (Å²) in [5.74, 6) is -0.118. The third-order valence-electron chi connectivity index (χ3n) is 2.40. The zero-order valence-electron chi connectivity index (χ0n) is 11.6. The quantitative estimate of drug-likeness (QED) is 0.820. The molecule has 1 amide bonds. The number of amides is 1. The lowest BCUT2D eigenvalue weighted by Crippen LogP contribution is -2.21. The second-order valence-electron chi connectivity index (χ2n) is 3.90. The third kappa shape index (κ3) is 4.54. The number of anilines is 1. The third-order valence-corrected chi connectivity index (χ3v) is 3.60. The maximum absolute atomic E-state index is 11.8. The second kappa shape index (κ2) is 7.91. The Kier molecular flexibility index (Phi) is 6.54. The molecule has 0 aromatic carbocycles. The Morgan fingerprint density at radius 1 is 1.70 bits per heavy atom. The Morgan fingerprint density at radius 3 is 3.00 bits per heavy atom. The first-order chi connectivity index (χ1) is 9.49. The van der Waals surface area contributed by atoms with E-state index in [1.54, 1.807) is 24.7 Å². The molecule has 5 nitrogen and oxygen atoms in total. The summed E-state index contributed by atoms with van der Waals surface area (Å²) in [6, 6.07) is 0. The predicted octanol–water partition coefficient (Wildman–Crippen LogP) is 3.30. The highest BCUT2D eigenvalue weighted by molar-refractivity contribution is 7.99. The maximum Gasteiger partial charge on any atom is 0.237 e. The fourth-order valence-corrected chi connectivity index (χ4v) is 1.65. The first-order valence-corrected chi connectivity index (χ1v) is 7.58. The molecule has 1 heterocycles. The molecule has 0 spiro atoms. The van der Waals surface area contributed by atoms with Crippen LogP contribution in [0.3, 0.4) is 0 Å². The van der Waals surface area contributed by atoms with Gasteiger partial charge in [0, 0.05) is 6.20 Å². The van der Waals surface area contributed by atoms with Gasteiger partial charge in [0.15, 0.2) is 5.15 Å². The molecule has 1 N–H and O–H groups in total. The van der Waals surface area contributed by atoms with Crippen LogP contribution < -0.4 is 5.32 Å². The molecule has 1 atom stereocenters. The molecular weight excluding hydrogens is 296 g/mol. The molecular formula is C13H17ClN4OS. The minimum absolute atomic E-state index is 0.118. The van der Waals surface area contributed by atoms with Gasteiger partial charge in [0.2, 0.25) is 5.91 Å². The van der Waals surface area contributed by atoms with Gasteiger partial charge in [-0.1, -0.05) is 24.3 Å². The molecule has 0 aliphatic rings.